The fourth-order valence-corrected chi connectivity index (χ4v) is 3.36. The first-order chi connectivity index (χ1) is 11.1. The summed E-state index contributed by atoms with van der Waals surface area (Å²) in [5.41, 5.74) is 0. The number of hydrogen-bond donors (Lipinski definition) is 0. The van der Waals surface area contributed by atoms with Gasteiger partial charge in [0.25, 0.3) is 0 Å². The van der Waals surface area contributed by atoms with Crippen molar-refractivity contribution in [1.29, 1.82) is 0 Å². The van der Waals surface area contributed by atoms with Crippen LogP contribution in [0.1, 0.15) is 0 Å². The van der Waals surface area contributed by atoms with Crippen LogP contribution in [0.2, 0.25) is 10.0 Å². The summed E-state index contributed by atoms with van der Waals surface area (Å²) < 4.78 is 5.28. The van der Waals surface area contributed by atoms with Gasteiger partial charge in [0.2, 0.25) is 5.91 Å². The highest BCUT2D eigenvalue weighted by molar-refractivity contribution is 6.36. The molecule has 1 amide bonds. The molecule has 0 saturated carbocycles. The highest BCUT2D eigenvalue weighted by Gasteiger charge is 2.24. The van der Waals surface area contributed by atoms with Crippen LogP contribution in [-0.4, -0.2) is 79.7 Å². The quantitative estimate of drug-likeness (QED) is 0.816. The maximum atomic E-state index is 12.3. The fourth-order valence-electron chi connectivity index (χ4n) is 2.86. The zero-order valence-corrected chi connectivity index (χ0v) is 14.4. The van der Waals surface area contributed by atoms with Crippen LogP contribution in [0.25, 0.3) is 0 Å². The Morgan fingerprint density at radius 3 is 2.48 bits per heavy atom. The lowest BCUT2D eigenvalue weighted by molar-refractivity contribution is -0.136. The molecule has 0 atom stereocenters. The Labute approximate surface area is 145 Å². The molecule has 0 radical (unpaired) electrons. The number of nitrogens with zero attached hydrogens (tertiary/aromatic N) is 4. The molecule has 2 aliphatic rings. The van der Waals surface area contributed by atoms with Gasteiger partial charge in [-0.15, -0.1) is 0 Å². The molecule has 8 heteroatoms. The van der Waals surface area contributed by atoms with Crippen LogP contribution in [-0.2, 0) is 9.53 Å². The average Bonchev–Trinajstić information content (AvgIpc) is 2.57. The van der Waals surface area contributed by atoms with Crippen molar-refractivity contribution < 1.29 is 9.53 Å². The molecule has 0 N–H and O–H groups in total. The SMILES string of the molecule is O=C(CN1CCN(c2ncc(Cl)cc2Cl)CC1)N1CCOCC1. The Morgan fingerprint density at radius 2 is 1.83 bits per heavy atom. The number of carbonyl (C=O) groups excluding carboxylic acids is 1. The number of piperazine rings is 1. The lowest BCUT2D eigenvalue weighted by Gasteiger charge is -2.36. The van der Waals surface area contributed by atoms with Crippen molar-refractivity contribution in [3.05, 3.63) is 22.3 Å². The first-order valence-corrected chi connectivity index (χ1v) is 8.53. The molecule has 0 spiro atoms. The zero-order chi connectivity index (χ0) is 16.2. The molecule has 126 valence electrons. The predicted octanol–water partition coefficient (Wildman–Crippen LogP) is 1.37. The third kappa shape index (κ3) is 4.26. The summed E-state index contributed by atoms with van der Waals surface area (Å²) in [4.78, 5) is 22.8. The van der Waals surface area contributed by atoms with E-state index < -0.39 is 0 Å². The number of anilines is 1. The number of halogens is 2. The van der Waals surface area contributed by atoms with Crippen LogP contribution in [0.3, 0.4) is 0 Å². The molecule has 3 heterocycles. The minimum Gasteiger partial charge on any atom is -0.378 e. The summed E-state index contributed by atoms with van der Waals surface area (Å²) in [7, 11) is 0. The molecule has 0 unspecified atom stereocenters. The smallest absolute Gasteiger partial charge is 0.236 e. The van der Waals surface area contributed by atoms with E-state index in [9.17, 15) is 4.79 Å². The van der Waals surface area contributed by atoms with Gasteiger partial charge < -0.3 is 14.5 Å². The number of morpholine rings is 1. The van der Waals surface area contributed by atoms with Crippen LogP contribution in [0.15, 0.2) is 12.3 Å². The van der Waals surface area contributed by atoms with E-state index in [0.29, 0.717) is 42.9 Å². The Hall–Kier alpha value is -1.08. The molecule has 0 aliphatic carbocycles. The third-order valence-corrected chi connectivity index (χ3v) is 4.67. The van der Waals surface area contributed by atoms with E-state index in [0.717, 1.165) is 32.0 Å². The Morgan fingerprint density at radius 1 is 1.13 bits per heavy atom. The lowest BCUT2D eigenvalue weighted by atomic mass is 10.3. The molecule has 2 fully saturated rings. The molecule has 6 nitrogen and oxygen atoms in total. The second-order valence-electron chi connectivity index (χ2n) is 5.72. The summed E-state index contributed by atoms with van der Waals surface area (Å²) in [5, 5.41) is 1.10. The summed E-state index contributed by atoms with van der Waals surface area (Å²) in [6.07, 6.45) is 1.61. The molecule has 0 aromatic carbocycles. The fraction of sp³-hybridized carbons (Fsp3) is 0.600. The molecular formula is C15H20Cl2N4O2. The second-order valence-corrected chi connectivity index (χ2v) is 6.56. The zero-order valence-electron chi connectivity index (χ0n) is 12.9. The average molecular weight is 359 g/mol. The Balaban J connectivity index is 1.51. The van der Waals surface area contributed by atoms with Crippen molar-refractivity contribution in [3.8, 4) is 0 Å². The molecule has 23 heavy (non-hydrogen) atoms. The van der Waals surface area contributed by atoms with Crippen molar-refractivity contribution in [2.24, 2.45) is 0 Å². The van der Waals surface area contributed by atoms with Crippen LogP contribution < -0.4 is 4.90 Å². The Kier molecular flexibility index (Phi) is 5.58. The van der Waals surface area contributed by atoms with Gasteiger partial charge in [0.1, 0.15) is 5.82 Å². The van der Waals surface area contributed by atoms with Crippen LogP contribution >= 0.6 is 23.2 Å². The van der Waals surface area contributed by atoms with Gasteiger partial charge in [0.15, 0.2) is 0 Å². The minimum atomic E-state index is 0.185. The lowest BCUT2D eigenvalue weighted by Crippen LogP contribution is -2.51. The molecule has 2 saturated heterocycles. The Bertz CT molecular complexity index is 558. The maximum Gasteiger partial charge on any atom is 0.236 e. The number of rotatable bonds is 3. The summed E-state index contributed by atoms with van der Waals surface area (Å²) >= 11 is 12.1. The van der Waals surface area contributed by atoms with E-state index in [1.807, 2.05) is 4.90 Å². The van der Waals surface area contributed by atoms with Crippen LogP contribution in [0, 0.1) is 0 Å². The van der Waals surface area contributed by atoms with Gasteiger partial charge in [0.05, 0.1) is 29.8 Å². The van der Waals surface area contributed by atoms with Crippen molar-refractivity contribution in [3.63, 3.8) is 0 Å². The van der Waals surface area contributed by atoms with E-state index in [1.165, 1.54) is 0 Å². The second kappa shape index (κ2) is 7.66. The van der Waals surface area contributed by atoms with E-state index in [-0.39, 0.29) is 5.91 Å². The summed E-state index contributed by atoms with van der Waals surface area (Å²) in [5.74, 6) is 0.944. The number of hydrogen-bond acceptors (Lipinski definition) is 5. The van der Waals surface area contributed by atoms with Gasteiger partial charge in [-0.3, -0.25) is 9.69 Å². The van der Waals surface area contributed by atoms with Crippen molar-refractivity contribution >= 4 is 34.9 Å². The topological polar surface area (TPSA) is 48.9 Å². The highest BCUT2D eigenvalue weighted by atomic mass is 35.5. The van der Waals surface area contributed by atoms with Crippen LogP contribution in [0.5, 0.6) is 0 Å². The molecule has 0 bridgehead atoms. The summed E-state index contributed by atoms with van der Waals surface area (Å²) in [6, 6.07) is 1.71. The molecule has 1 aromatic heterocycles. The van der Waals surface area contributed by atoms with E-state index in [4.69, 9.17) is 27.9 Å². The number of aromatic nitrogens is 1. The molecule has 2 aliphatic heterocycles. The number of carbonyl (C=O) groups is 1. The normalized spacial score (nSPS) is 19.9. The van der Waals surface area contributed by atoms with Gasteiger partial charge in [-0.2, -0.15) is 0 Å². The summed E-state index contributed by atoms with van der Waals surface area (Å²) in [6.45, 7) is 6.37. The monoisotopic (exact) mass is 358 g/mol. The predicted molar refractivity (Wildman–Crippen MR) is 90.3 cm³/mol. The molecule has 1 aromatic rings. The molecular weight excluding hydrogens is 339 g/mol. The van der Waals surface area contributed by atoms with Gasteiger partial charge in [-0.05, 0) is 6.07 Å². The minimum absolute atomic E-state index is 0.185. The van der Waals surface area contributed by atoms with E-state index in [1.54, 1.807) is 12.3 Å². The first-order valence-electron chi connectivity index (χ1n) is 7.77. The largest absolute Gasteiger partial charge is 0.378 e. The van der Waals surface area contributed by atoms with Crippen molar-refractivity contribution in [2.75, 3.05) is 63.9 Å². The standard InChI is InChI=1S/C15H20Cl2N4O2/c16-12-9-13(17)15(18-10-12)21-3-1-19(2-4-21)11-14(22)20-5-7-23-8-6-20/h9-10H,1-8,11H2. The van der Waals surface area contributed by atoms with E-state index >= 15 is 0 Å². The van der Waals surface area contributed by atoms with Gasteiger partial charge in [-0.1, -0.05) is 23.2 Å². The van der Waals surface area contributed by atoms with Gasteiger partial charge >= 0.3 is 0 Å². The van der Waals surface area contributed by atoms with Crippen LogP contribution in [0.4, 0.5) is 5.82 Å². The van der Waals surface area contributed by atoms with Gasteiger partial charge in [0, 0.05) is 45.5 Å². The van der Waals surface area contributed by atoms with Gasteiger partial charge in [-0.25, -0.2) is 4.98 Å². The third-order valence-electron chi connectivity index (χ3n) is 4.18. The number of amides is 1. The number of ether oxygens (including phenoxy) is 1. The maximum absolute atomic E-state index is 12.3. The van der Waals surface area contributed by atoms with E-state index in [2.05, 4.69) is 14.8 Å². The van der Waals surface area contributed by atoms with Crippen molar-refractivity contribution in [2.45, 2.75) is 0 Å². The van der Waals surface area contributed by atoms with Crippen molar-refractivity contribution in [1.82, 2.24) is 14.8 Å². The highest BCUT2D eigenvalue weighted by Crippen LogP contribution is 2.26. The first kappa shape index (κ1) is 16.8. The molecule has 3 rings (SSSR count). The number of pyridine rings is 1.